The molecule has 1 atom stereocenters. The maximum absolute atomic E-state index is 13.9. The van der Waals surface area contributed by atoms with Gasteiger partial charge in [0.2, 0.25) is 5.91 Å². The summed E-state index contributed by atoms with van der Waals surface area (Å²) in [6, 6.07) is 7.22. The van der Waals surface area contributed by atoms with Crippen LogP contribution in [0.3, 0.4) is 0 Å². The third kappa shape index (κ3) is 2.78. The average molecular weight is 301 g/mol. The molecule has 1 heterocycles. The quantitative estimate of drug-likeness (QED) is 0.929. The Bertz CT molecular complexity index is 635. The van der Waals surface area contributed by atoms with Crippen molar-refractivity contribution in [1.82, 2.24) is 5.32 Å². The van der Waals surface area contributed by atoms with Crippen LogP contribution in [-0.4, -0.2) is 24.5 Å². The average Bonchev–Trinajstić information content (AvgIpc) is 3.33. The molecule has 1 aliphatic carbocycles. The van der Waals surface area contributed by atoms with E-state index in [0.29, 0.717) is 12.0 Å². The Morgan fingerprint density at radius 3 is 3.00 bits per heavy atom. The van der Waals surface area contributed by atoms with Crippen LogP contribution in [0, 0.1) is 23.1 Å². The minimum absolute atomic E-state index is 0.167. The van der Waals surface area contributed by atoms with Crippen LogP contribution in [0.2, 0.25) is 0 Å². The molecule has 116 valence electrons. The van der Waals surface area contributed by atoms with Gasteiger partial charge in [-0.25, -0.2) is 4.39 Å². The second-order valence-corrected chi connectivity index (χ2v) is 6.40. The van der Waals surface area contributed by atoms with Crippen LogP contribution >= 0.6 is 0 Å². The van der Waals surface area contributed by atoms with E-state index in [1.165, 1.54) is 6.07 Å². The Hall–Kier alpha value is -2.09. The smallest absolute Gasteiger partial charge is 0.240 e. The van der Waals surface area contributed by atoms with E-state index >= 15 is 0 Å². The molecule has 0 bridgehead atoms. The number of anilines is 1. The van der Waals surface area contributed by atoms with Crippen LogP contribution < -0.4 is 10.2 Å². The van der Waals surface area contributed by atoms with Crippen molar-refractivity contribution in [1.29, 1.82) is 5.26 Å². The van der Waals surface area contributed by atoms with Crippen LogP contribution in [-0.2, 0) is 11.2 Å². The van der Waals surface area contributed by atoms with E-state index in [9.17, 15) is 14.4 Å². The third-order valence-corrected chi connectivity index (χ3v) is 4.65. The van der Waals surface area contributed by atoms with Gasteiger partial charge in [0.1, 0.15) is 11.4 Å². The number of halogens is 1. The number of nitriles is 1. The highest BCUT2D eigenvalue weighted by atomic mass is 19.1. The summed E-state index contributed by atoms with van der Waals surface area (Å²) in [5.74, 6) is -0.122. The SMILES string of the molecule is CC(C#N)(NC(=O)CN1CCCc2c(F)cccc21)C1CC1. The summed E-state index contributed by atoms with van der Waals surface area (Å²) >= 11 is 0. The molecule has 1 unspecified atom stereocenters. The van der Waals surface area contributed by atoms with Gasteiger partial charge in [-0.2, -0.15) is 5.26 Å². The van der Waals surface area contributed by atoms with Gasteiger partial charge >= 0.3 is 0 Å². The van der Waals surface area contributed by atoms with Crippen molar-refractivity contribution in [2.75, 3.05) is 18.0 Å². The molecule has 1 N–H and O–H groups in total. The largest absolute Gasteiger partial charge is 0.362 e. The molecule has 1 amide bonds. The molecule has 3 rings (SSSR count). The van der Waals surface area contributed by atoms with Crippen molar-refractivity contribution in [3.05, 3.63) is 29.6 Å². The molecule has 0 radical (unpaired) electrons. The molecular formula is C17H20FN3O. The minimum atomic E-state index is -0.780. The summed E-state index contributed by atoms with van der Waals surface area (Å²) in [6.45, 7) is 2.68. The van der Waals surface area contributed by atoms with E-state index in [1.807, 2.05) is 11.0 Å². The second-order valence-electron chi connectivity index (χ2n) is 6.40. The summed E-state index contributed by atoms with van der Waals surface area (Å²) in [4.78, 5) is 14.2. The summed E-state index contributed by atoms with van der Waals surface area (Å²) in [6.07, 6.45) is 3.52. The fourth-order valence-electron chi connectivity index (χ4n) is 3.21. The monoisotopic (exact) mass is 301 g/mol. The number of nitrogens with one attached hydrogen (secondary N) is 1. The fourth-order valence-corrected chi connectivity index (χ4v) is 3.21. The topological polar surface area (TPSA) is 56.1 Å². The van der Waals surface area contributed by atoms with Crippen molar-refractivity contribution in [3.8, 4) is 6.07 Å². The molecule has 1 aliphatic heterocycles. The molecule has 0 spiro atoms. The van der Waals surface area contributed by atoms with Crippen molar-refractivity contribution in [2.45, 2.75) is 38.1 Å². The number of fused-ring (bicyclic) bond motifs is 1. The number of carbonyl (C=O) groups is 1. The zero-order valence-corrected chi connectivity index (χ0v) is 12.7. The lowest BCUT2D eigenvalue weighted by Crippen LogP contribution is -2.50. The predicted octanol–water partition coefficient (Wildman–Crippen LogP) is 2.39. The summed E-state index contributed by atoms with van der Waals surface area (Å²) < 4.78 is 13.9. The Morgan fingerprint density at radius 1 is 1.55 bits per heavy atom. The van der Waals surface area contributed by atoms with E-state index in [4.69, 9.17) is 0 Å². The standard InChI is InChI=1S/C17H20FN3O/c1-17(11-19,12-7-8-12)20-16(22)10-21-9-3-4-13-14(18)5-2-6-15(13)21/h2,5-6,12H,3-4,7-10H2,1H3,(H,20,22). The van der Waals surface area contributed by atoms with Crippen molar-refractivity contribution in [2.24, 2.45) is 5.92 Å². The van der Waals surface area contributed by atoms with Crippen LogP contribution in [0.15, 0.2) is 18.2 Å². The van der Waals surface area contributed by atoms with Gasteiger partial charge in [0.15, 0.2) is 0 Å². The Morgan fingerprint density at radius 2 is 2.32 bits per heavy atom. The molecular weight excluding hydrogens is 281 g/mol. The number of nitrogens with zero attached hydrogens (tertiary/aromatic N) is 2. The third-order valence-electron chi connectivity index (χ3n) is 4.65. The number of rotatable bonds is 4. The lowest BCUT2D eigenvalue weighted by Gasteiger charge is -2.32. The first kappa shape index (κ1) is 14.8. The van der Waals surface area contributed by atoms with Gasteiger partial charge in [-0.05, 0) is 50.7 Å². The van der Waals surface area contributed by atoms with Crippen molar-refractivity contribution >= 4 is 11.6 Å². The first-order valence-corrected chi connectivity index (χ1v) is 7.78. The van der Waals surface area contributed by atoms with Gasteiger partial charge in [0, 0.05) is 17.8 Å². The molecule has 5 heteroatoms. The zero-order valence-electron chi connectivity index (χ0n) is 12.7. The highest BCUT2D eigenvalue weighted by molar-refractivity contribution is 5.83. The Labute approximate surface area is 129 Å². The number of carbonyl (C=O) groups excluding carboxylic acids is 1. The predicted molar refractivity (Wildman–Crippen MR) is 81.8 cm³/mol. The molecule has 1 fully saturated rings. The Balaban J connectivity index is 1.71. The highest BCUT2D eigenvalue weighted by Gasteiger charge is 2.43. The van der Waals surface area contributed by atoms with Crippen LogP contribution in [0.25, 0.3) is 0 Å². The van der Waals surface area contributed by atoms with Crippen molar-refractivity contribution in [3.63, 3.8) is 0 Å². The maximum atomic E-state index is 13.9. The van der Waals surface area contributed by atoms with Gasteiger partial charge in [0.05, 0.1) is 12.6 Å². The van der Waals surface area contributed by atoms with Gasteiger partial charge in [-0.1, -0.05) is 6.07 Å². The van der Waals surface area contributed by atoms with Crippen molar-refractivity contribution < 1.29 is 9.18 Å². The van der Waals surface area contributed by atoms with Gasteiger partial charge < -0.3 is 10.2 Å². The van der Waals surface area contributed by atoms with Crippen LogP contribution in [0.5, 0.6) is 0 Å². The molecule has 4 nitrogen and oxygen atoms in total. The van der Waals surface area contributed by atoms with Crippen LogP contribution in [0.1, 0.15) is 31.7 Å². The van der Waals surface area contributed by atoms with Gasteiger partial charge in [-0.3, -0.25) is 4.79 Å². The number of hydrogen-bond acceptors (Lipinski definition) is 3. The summed E-state index contributed by atoms with van der Waals surface area (Å²) in [5.41, 5.74) is 0.704. The van der Waals surface area contributed by atoms with E-state index in [1.54, 1.807) is 13.0 Å². The summed E-state index contributed by atoms with van der Waals surface area (Å²) in [5, 5.41) is 12.2. The van der Waals surface area contributed by atoms with Gasteiger partial charge in [-0.15, -0.1) is 0 Å². The van der Waals surface area contributed by atoms with E-state index in [-0.39, 0.29) is 24.2 Å². The normalized spacial score (nSPS) is 19.8. The minimum Gasteiger partial charge on any atom is -0.362 e. The zero-order chi connectivity index (χ0) is 15.7. The highest BCUT2D eigenvalue weighted by Crippen LogP contribution is 2.39. The lowest BCUT2D eigenvalue weighted by molar-refractivity contribution is -0.121. The molecule has 1 aromatic carbocycles. The molecule has 1 saturated carbocycles. The first-order chi connectivity index (χ1) is 10.5. The Kier molecular flexibility index (Phi) is 3.78. The number of amides is 1. The molecule has 2 aliphatic rings. The number of benzene rings is 1. The molecule has 1 aromatic rings. The second kappa shape index (κ2) is 5.60. The lowest BCUT2D eigenvalue weighted by atomic mass is 9.97. The van der Waals surface area contributed by atoms with E-state index in [0.717, 1.165) is 31.5 Å². The van der Waals surface area contributed by atoms with E-state index < -0.39 is 5.54 Å². The summed E-state index contributed by atoms with van der Waals surface area (Å²) in [7, 11) is 0. The first-order valence-electron chi connectivity index (χ1n) is 7.78. The number of hydrogen-bond donors (Lipinski definition) is 1. The molecule has 22 heavy (non-hydrogen) atoms. The molecule has 0 saturated heterocycles. The van der Waals surface area contributed by atoms with Crippen LogP contribution in [0.4, 0.5) is 10.1 Å². The molecule has 0 aromatic heterocycles. The fraction of sp³-hybridized carbons (Fsp3) is 0.529. The van der Waals surface area contributed by atoms with E-state index in [2.05, 4.69) is 11.4 Å². The maximum Gasteiger partial charge on any atom is 0.240 e. The van der Waals surface area contributed by atoms with Gasteiger partial charge in [0.25, 0.3) is 0 Å².